The molecule has 0 radical (unpaired) electrons. The summed E-state index contributed by atoms with van der Waals surface area (Å²) in [5.41, 5.74) is 1.24. The Balaban J connectivity index is 0.00000280. The fourth-order valence-corrected chi connectivity index (χ4v) is 3.52. The lowest BCUT2D eigenvalue weighted by molar-refractivity contribution is 0.0692. The van der Waals surface area contributed by atoms with Gasteiger partial charge in [-0.15, -0.1) is 12.4 Å². The summed E-state index contributed by atoms with van der Waals surface area (Å²) in [7, 11) is 0. The zero-order valence-electron chi connectivity index (χ0n) is 16.0. The lowest BCUT2D eigenvalue weighted by Crippen LogP contribution is -2.33. The third-order valence-electron chi connectivity index (χ3n) is 5.02. The van der Waals surface area contributed by atoms with E-state index >= 15 is 0 Å². The molecular formula is C22H26ClNO4. The number of nitrogens with zero attached hydrogens (tertiary/aromatic N) is 1. The number of likely N-dealkylation sites (tertiary alicyclic amines) is 1. The van der Waals surface area contributed by atoms with Gasteiger partial charge in [0.1, 0.15) is 12.4 Å². The number of carbonyl (C=O) groups is 2. The van der Waals surface area contributed by atoms with Crippen LogP contribution in [-0.4, -0.2) is 48.0 Å². The number of hydrogen-bond donors (Lipinski definition) is 1. The van der Waals surface area contributed by atoms with Crippen molar-refractivity contribution < 1.29 is 19.4 Å². The van der Waals surface area contributed by atoms with Crippen LogP contribution >= 0.6 is 12.4 Å². The normalized spacial score (nSPS) is 14.2. The maximum absolute atomic E-state index is 12.9. The first kappa shape index (κ1) is 21.9. The maximum Gasteiger partial charge on any atom is 0.336 e. The third-order valence-corrected chi connectivity index (χ3v) is 5.02. The Morgan fingerprint density at radius 3 is 2.36 bits per heavy atom. The molecule has 6 heteroatoms. The summed E-state index contributed by atoms with van der Waals surface area (Å²) < 4.78 is 5.91. The SMILES string of the molecule is Cc1c(OCCN2CCCCC2)ccc(C(=O)O)c1C(=O)c1ccccc1.Cl. The smallest absolute Gasteiger partial charge is 0.336 e. The molecule has 0 unspecified atom stereocenters. The number of rotatable bonds is 7. The molecule has 0 amide bonds. The maximum atomic E-state index is 12.9. The van der Waals surface area contributed by atoms with Crippen LogP contribution in [0.1, 0.15) is 51.1 Å². The van der Waals surface area contributed by atoms with E-state index in [4.69, 9.17) is 4.74 Å². The zero-order chi connectivity index (χ0) is 19.2. The standard InChI is InChI=1S/C22H25NO4.ClH/c1-16-19(27-15-14-23-12-6-3-7-13-23)11-10-18(22(25)26)20(16)21(24)17-8-4-2-5-9-17;/h2,4-5,8-11H,3,6-7,12-15H2,1H3,(H,25,26);1H. The molecule has 0 aromatic heterocycles. The van der Waals surface area contributed by atoms with Crippen LogP contribution in [0.25, 0.3) is 0 Å². The quantitative estimate of drug-likeness (QED) is 0.701. The van der Waals surface area contributed by atoms with Crippen LogP contribution in [0, 0.1) is 6.92 Å². The summed E-state index contributed by atoms with van der Waals surface area (Å²) in [6, 6.07) is 11.8. The predicted molar refractivity (Wildman–Crippen MR) is 111 cm³/mol. The first-order valence-corrected chi connectivity index (χ1v) is 9.39. The molecule has 2 aromatic rings. The molecule has 0 spiro atoms. The Hall–Kier alpha value is -2.37. The number of carbonyl (C=O) groups excluding carboxylic acids is 1. The largest absolute Gasteiger partial charge is 0.492 e. The molecule has 0 aliphatic carbocycles. The summed E-state index contributed by atoms with van der Waals surface area (Å²) in [5, 5.41) is 9.52. The molecular weight excluding hydrogens is 378 g/mol. The van der Waals surface area contributed by atoms with Crippen LogP contribution in [0.5, 0.6) is 5.75 Å². The van der Waals surface area contributed by atoms with Crippen LogP contribution in [0.3, 0.4) is 0 Å². The highest BCUT2D eigenvalue weighted by atomic mass is 35.5. The van der Waals surface area contributed by atoms with Gasteiger partial charge >= 0.3 is 5.97 Å². The van der Waals surface area contributed by atoms with Gasteiger partial charge in [-0.2, -0.15) is 0 Å². The van der Waals surface area contributed by atoms with Gasteiger partial charge in [0.15, 0.2) is 5.78 Å². The van der Waals surface area contributed by atoms with E-state index in [1.807, 2.05) is 6.07 Å². The van der Waals surface area contributed by atoms with E-state index < -0.39 is 5.97 Å². The highest BCUT2D eigenvalue weighted by Crippen LogP contribution is 2.27. The number of ether oxygens (including phenoxy) is 1. The molecule has 1 saturated heterocycles. The first-order chi connectivity index (χ1) is 13.1. The van der Waals surface area contributed by atoms with E-state index in [1.165, 1.54) is 25.3 Å². The molecule has 28 heavy (non-hydrogen) atoms. The second-order valence-corrected chi connectivity index (χ2v) is 6.86. The van der Waals surface area contributed by atoms with Crippen molar-refractivity contribution in [2.24, 2.45) is 0 Å². The van der Waals surface area contributed by atoms with E-state index in [9.17, 15) is 14.7 Å². The Labute approximate surface area is 171 Å². The third kappa shape index (κ3) is 5.12. The number of piperidine rings is 1. The number of carboxylic acids is 1. The Morgan fingerprint density at radius 2 is 1.71 bits per heavy atom. The molecule has 1 heterocycles. The van der Waals surface area contributed by atoms with E-state index in [-0.39, 0.29) is 29.3 Å². The van der Waals surface area contributed by atoms with Crippen molar-refractivity contribution >= 4 is 24.2 Å². The molecule has 1 N–H and O–H groups in total. The average molecular weight is 404 g/mol. The van der Waals surface area contributed by atoms with Crippen molar-refractivity contribution in [2.75, 3.05) is 26.2 Å². The summed E-state index contributed by atoms with van der Waals surface area (Å²) >= 11 is 0. The van der Waals surface area contributed by atoms with Crippen LogP contribution in [0.2, 0.25) is 0 Å². The van der Waals surface area contributed by atoms with E-state index in [0.29, 0.717) is 23.5 Å². The van der Waals surface area contributed by atoms with Crippen molar-refractivity contribution in [3.63, 3.8) is 0 Å². The van der Waals surface area contributed by atoms with Crippen molar-refractivity contribution in [2.45, 2.75) is 26.2 Å². The van der Waals surface area contributed by atoms with Gasteiger partial charge in [-0.05, 0) is 45.0 Å². The number of benzene rings is 2. The lowest BCUT2D eigenvalue weighted by atomic mass is 9.93. The van der Waals surface area contributed by atoms with Crippen molar-refractivity contribution in [3.05, 3.63) is 64.7 Å². The number of carboxylic acid groups (broad SMARTS) is 1. The van der Waals surface area contributed by atoms with Crippen LogP contribution in [-0.2, 0) is 0 Å². The van der Waals surface area contributed by atoms with Gasteiger partial charge in [0.05, 0.1) is 5.56 Å². The highest BCUT2D eigenvalue weighted by Gasteiger charge is 2.23. The van der Waals surface area contributed by atoms with Crippen LogP contribution < -0.4 is 4.74 Å². The van der Waals surface area contributed by atoms with Gasteiger partial charge < -0.3 is 9.84 Å². The molecule has 0 atom stereocenters. The number of ketones is 1. The number of halogens is 1. The molecule has 1 fully saturated rings. The van der Waals surface area contributed by atoms with Gasteiger partial charge in [-0.1, -0.05) is 36.8 Å². The molecule has 5 nitrogen and oxygen atoms in total. The van der Waals surface area contributed by atoms with Gasteiger partial charge in [-0.25, -0.2) is 4.79 Å². The summed E-state index contributed by atoms with van der Waals surface area (Å²) in [5.74, 6) is -0.847. The van der Waals surface area contributed by atoms with Crippen molar-refractivity contribution in [3.8, 4) is 5.75 Å². The fourth-order valence-electron chi connectivity index (χ4n) is 3.52. The summed E-state index contributed by atoms with van der Waals surface area (Å²) in [6.07, 6.45) is 3.74. The molecule has 1 aliphatic heterocycles. The minimum Gasteiger partial charge on any atom is -0.492 e. The molecule has 2 aromatic carbocycles. The second-order valence-electron chi connectivity index (χ2n) is 6.86. The van der Waals surface area contributed by atoms with Crippen LogP contribution in [0.4, 0.5) is 0 Å². The first-order valence-electron chi connectivity index (χ1n) is 9.39. The second kappa shape index (κ2) is 10.2. The monoisotopic (exact) mass is 403 g/mol. The average Bonchev–Trinajstić information content (AvgIpc) is 2.70. The molecule has 3 rings (SSSR count). The van der Waals surface area contributed by atoms with Crippen molar-refractivity contribution in [1.82, 2.24) is 4.90 Å². The molecule has 0 bridgehead atoms. The molecule has 150 valence electrons. The minimum absolute atomic E-state index is 0. The highest BCUT2D eigenvalue weighted by molar-refractivity contribution is 6.15. The zero-order valence-corrected chi connectivity index (χ0v) is 16.8. The lowest BCUT2D eigenvalue weighted by Gasteiger charge is -2.26. The van der Waals surface area contributed by atoms with E-state index in [0.717, 1.165) is 19.6 Å². The Bertz CT molecular complexity index is 817. The number of aromatic carboxylic acids is 1. The van der Waals surface area contributed by atoms with Gasteiger partial charge in [0, 0.05) is 23.2 Å². The summed E-state index contributed by atoms with van der Waals surface area (Å²) in [4.78, 5) is 27.0. The van der Waals surface area contributed by atoms with Crippen molar-refractivity contribution in [1.29, 1.82) is 0 Å². The minimum atomic E-state index is -1.11. The van der Waals surface area contributed by atoms with Gasteiger partial charge in [0.2, 0.25) is 0 Å². The van der Waals surface area contributed by atoms with Gasteiger partial charge in [0.25, 0.3) is 0 Å². The summed E-state index contributed by atoms with van der Waals surface area (Å²) in [6.45, 7) is 5.29. The van der Waals surface area contributed by atoms with Gasteiger partial charge in [-0.3, -0.25) is 9.69 Å². The van der Waals surface area contributed by atoms with Crippen LogP contribution in [0.15, 0.2) is 42.5 Å². The predicted octanol–water partition coefficient (Wildman–Crippen LogP) is 4.21. The molecule has 1 aliphatic rings. The van der Waals surface area contributed by atoms with E-state index in [2.05, 4.69) is 4.90 Å². The Kier molecular flexibility index (Phi) is 8.03. The topological polar surface area (TPSA) is 66.8 Å². The number of hydrogen-bond acceptors (Lipinski definition) is 4. The van der Waals surface area contributed by atoms with E-state index in [1.54, 1.807) is 37.3 Å². The fraction of sp³-hybridized carbons (Fsp3) is 0.364. The molecule has 0 saturated carbocycles. The Morgan fingerprint density at radius 1 is 1.04 bits per heavy atom.